The Morgan fingerprint density at radius 3 is 2.52 bits per heavy atom. The van der Waals surface area contributed by atoms with Gasteiger partial charge < -0.3 is 10.0 Å². The normalized spacial score (nSPS) is 19.0. The Morgan fingerprint density at radius 2 is 1.87 bits per heavy atom. The van der Waals surface area contributed by atoms with Crippen molar-refractivity contribution in [1.82, 2.24) is 9.88 Å². The van der Waals surface area contributed by atoms with Crippen molar-refractivity contribution in [1.29, 1.82) is 0 Å². The van der Waals surface area contributed by atoms with Gasteiger partial charge in [0.25, 0.3) is 0 Å². The van der Waals surface area contributed by atoms with Gasteiger partial charge in [0.2, 0.25) is 0 Å². The van der Waals surface area contributed by atoms with E-state index in [2.05, 4.69) is 17.2 Å². The van der Waals surface area contributed by atoms with E-state index in [1.807, 2.05) is 35.2 Å². The molecule has 1 aromatic heterocycles. The minimum Gasteiger partial charge on any atom is -0.480 e. The van der Waals surface area contributed by atoms with Gasteiger partial charge in [0, 0.05) is 12.6 Å². The molecule has 2 amide bonds. The van der Waals surface area contributed by atoms with Gasteiger partial charge in [0.05, 0.1) is 6.20 Å². The van der Waals surface area contributed by atoms with E-state index >= 15 is 0 Å². The number of hydrogen-bond donors (Lipinski definition) is 2. The number of carboxylic acids is 1. The average molecular weight is 466 g/mol. The molecule has 1 aliphatic rings. The van der Waals surface area contributed by atoms with Gasteiger partial charge in [-0.2, -0.15) is 0 Å². The van der Waals surface area contributed by atoms with Crippen LogP contribution < -0.4 is 5.32 Å². The lowest BCUT2D eigenvalue weighted by molar-refractivity contribution is -0.134. The quantitative estimate of drug-likeness (QED) is 0.615. The van der Waals surface area contributed by atoms with Gasteiger partial charge in [-0.3, -0.25) is 10.1 Å². The van der Waals surface area contributed by atoms with E-state index in [4.69, 9.17) is 5.11 Å². The number of nitrogens with zero attached hydrogens (tertiary/aromatic N) is 2. The monoisotopic (exact) mass is 465 g/mol. The first-order valence-corrected chi connectivity index (χ1v) is 12.7. The van der Waals surface area contributed by atoms with Gasteiger partial charge >= 0.3 is 12.0 Å². The summed E-state index contributed by atoms with van der Waals surface area (Å²) in [6, 6.07) is 9.75. The zero-order valence-electron chi connectivity index (χ0n) is 17.4. The number of thiazole rings is 1. The fourth-order valence-electron chi connectivity index (χ4n) is 3.76. The first-order valence-electron chi connectivity index (χ1n) is 10.3. The van der Waals surface area contributed by atoms with Gasteiger partial charge in [-0.05, 0) is 43.6 Å². The van der Waals surface area contributed by atoms with Crippen molar-refractivity contribution < 1.29 is 23.1 Å². The molecule has 0 saturated heterocycles. The van der Waals surface area contributed by atoms with Gasteiger partial charge in [-0.15, -0.1) is 0 Å². The number of rotatable bonds is 8. The number of carbonyl (C=O) groups excluding carboxylic acids is 1. The number of anilines is 1. The number of hydrogen-bond acceptors (Lipinski definition) is 6. The summed E-state index contributed by atoms with van der Waals surface area (Å²) in [6.07, 6.45) is 5.80. The molecule has 2 aromatic rings. The summed E-state index contributed by atoms with van der Waals surface area (Å²) in [6.45, 7) is 2.77. The predicted octanol–water partition coefficient (Wildman–Crippen LogP) is 3.66. The van der Waals surface area contributed by atoms with Crippen molar-refractivity contribution in [2.75, 3.05) is 17.6 Å². The Labute approximate surface area is 186 Å². The van der Waals surface area contributed by atoms with Crippen LogP contribution in [0.3, 0.4) is 0 Å². The molecule has 0 unspecified atom stereocenters. The van der Waals surface area contributed by atoms with Crippen LogP contribution >= 0.6 is 11.3 Å². The van der Waals surface area contributed by atoms with Crippen molar-refractivity contribution in [2.45, 2.75) is 49.3 Å². The molecular formula is C21H27N3O5S2. The van der Waals surface area contributed by atoms with Crippen LogP contribution in [0.25, 0.3) is 0 Å². The van der Waals surface area contributed by atoms with E-state index < -0.39 is 21.6 Å². The number of urea groups is 1. The maximum Gasteiger partial charge on any atom is 0.323 e. The largest absolute Gasteiger partial charge is 0.480 e. The lowest BCUT2D eigenvalue weighted by Gasteiger charge is -2.36. The number of aromatic nitrogens is 1. The van der Waals surface area contributed by atoms with Crippen molar-refractivity contribution in [3.63, 3.8) is 0 Å². The van der Waals surface area contributed by atoms with Gasteiger partial charge in [-0.1, -0.05) is 48.6 Å². The van der Waals surface area contributed by atoms with E-state index in [9.17, 15) is 18.0 Å². The molecule has 3 rings (SSSR count). The summed E-state index contributed by atoms with van der Waals surface area (Å²) in [7, 11) is -3.98. The third kappa shape index (κ3) is 6.51. The van der Waals surface area contributed by atoms with E-state index in [1.54, 1.807) is 0 Å². The minimum atomic E-state index is -3.98. The summed E-state index contributed by atoms with van der Waals surface area (Å²) < 4.78 is 24.0. The highest BCUT2D eigenvalue weighted by molar-refractivity contribution is 7.94. The maximum absolute atomic E-state index is 13.1. The highest BCUT2D eigenvalue weighted by Crippen LogP contribution is 2.29. The number of carboxylic acid groups (broad SMARTS) is 1. The van der Waals surface area contributed by atoms with Crippen LogP contribution in [0.5, 0.6) is 0 Å². The van der Waals surface area contributed by atoms with Crippen LogP contribution in [0.1, 0.15) is 38.2 Å². The van der Waals surface area contributed by atoms with Crippen LogP contribution in [0, 0.1) is 5.92 Å². The summed E-state index contributed by atoms with van der Waals surface area (Å²) in [5.41, 5.74) is 1.14. The second kappa shape index (κ2) is 10.2. The summed E-state index contributed by atoms with van der Waals surface area (Å²) in [5.74, 6) is -1.79. The smallest absolute Gasteiger partial charge is 0.323 e. The molecule has 168 valence electrons. The molecule has 10 heteroatoms. The predicted molar refractivity (Wildman–Crippen MR) is 119 cm³/mol. The Balaban J connectivity index is 1.71. The third-order valence-corrected chi connectivity index (χ3v) is 8.55. The number of benzene rings is 1. The lowest BCUT2D eigenvalue weighted by Crippen LogP contribution is -2.45. The number of carbonyl (C=O) groups is 2. The van der Waals surface area contributed by atoms with Gasteiger partial charge in [-0.25, -0.2) is 18.2 Å². The lowest BCUT2D eigenvalue weighted by atomic mass is 9.86. The average Bonchev–Trinajstić information content (AvgIpc) is 3.19. The molecule has 31 heavy (non-hydrogen) atoms. The van der Waals surface area contributed by atoms with Crippen molar-refractivity contribution in [2.24, 2.45) is 5.92 Å². The van der Waals surface area contributed by atoms with Crippen molar-refractivity contribution in [3.05, 3.63) is 42.1 Å². The first-order chi connectivity index (χ1) is 14.7. The van der Waals surface area contributed by atoms with Crippen molar-refractivity contribution in [3.8, 4) is 0 Å². The van der Waals surface area contributed by atoms with Crippen LogP contribution in [0.15, 0.2) is 40.7 Å². The Hall–Kier alpha value is -2.46. The van der Waals surface area contributed by atoms with E-state index in [-0.39, 0.29) is 21.4 Å². The molecule has 0 radical (unpaired) electrons. The summed E-state index contributed by atoms with van der Waals surface area (Å²) in [5, 5.41) is 11.6. The molecule has 1 fully saturated rings. The topological polar surface area (TPSA) is 117 Å². The molecule has 0 aliphatic heterocycles. The van der Waals surface area contributed by atoms with E-state index in [0.717, 1.165) is 55.2 Å². The van der Waals surface area contributed by atoms with Crippen LogP contribution in [-0.4, -0.2) is 53.7 Å². The molecular weight excluding hydrogens is 438 g/mol. The second-order valence-corrected chi connectivity index (χ2v) is 11.2. The van der Waals surface area contributed by atoms with Crippen LogP contribution in [0.4, 0.5) is 9.93 Å². The van der Waals surface area contributed by atoms with Gasteiger partial charge in [0.15, 0.2) is 20.7 Å². The Morgan fingerprint density at radius 1 is 1.19 bits per heavy atom. The maximum atomic E-state index is 13.1. The molecule has 1 aliphatic carbocycles. The Kier molecular flexibility index (Phi) is 7.66. The number of nitrogens with one attached hydrogen (secondary N) is 1. The number of aliphatic carboxylic acids is 1. The standard InChI is InChI=1S/C21H27N3O5S2/c1-15-7-9-17(10-8-15)24(12-11-16-5-3-2-4-6-16)21(27)23-20-22-13-19(30-20)31(28,29)14-18(25)26/h2-6,13,15,17H,7-12,14H2,1H3,(H,25,26)(H,22,23,27). The van der Waals surface area contributed by atoms with Crippen LogP contribution in [0.2, 0.25) is 0 Å². The van der Waals surface area contributed by atoms with E-state index in [1.165, 1.54) is 0 Å². The fourth-order valence-corrected chi connectivity index (χ4v) is 5.90. The molecule has 0 bridgehead atoms. The van der Waals surface area contributed by atoms with Crippen LogP contribution in [-0.2, 0) is 21.1 Å². The van der Waals surface area contributed by atoms with Gasteiger partial charge in [0.1, 0.15) is 4.21 Å². The zero-order valence-corrected chi connectivity index (χ0v) is 19.0. The highest BCUT2D eigenvalue weighted by Gasteiger charge is 2.28. The summed E-state index contributed by atoms with van der Waals surface area (Å²) in [4.78, 5) is 29.7. The zero-order chi connectivity index (χ0) is 22.4. The van der Waals surface area contributed by atoms with E-state index in [0.29, 0.717) is 12.5 Å². The second-order valence-electron chi connectivity index (χ2n) is 7.91. The molecule has 0 atom stereocenters. The summed E-state index contributed by atoms with van der Waals surface area (Å²) >= 11 is 0.768. The molecule has 0 spiro atoms. The highest BCUT2D eigenvalue weighted by atomic mass is 32.2. The molecule has 1 heterocycles. The molecule has 2 N–H and O–H groups in total. The Bertz CT molecular complexity index is 999. The fraction of sp³-hybridized carbons (Fsp3) is 0.476. The number of sulfone groups is 1. The van der Waals surface area contributed by atoms with Crippen molar-refractivity contribution >= 4 is 38.3 Å². The minimum absolute atomic E-state index is 0.120. The SMILES string of the molecule is CC1CCC(N(CCc2ccccc2)C(=O)Nc2ncc(S(=O)(=O)CC(=O)O)s2)CC1. The first kappa shape index (κ1) is 23.2. The molecule has 1 aromatic carbocycles. The molecule has 1 saturated carbocycles. The molecule has 8 nitrogen and oxygen atoms in total. The third-order valence-electron chi connectivity index (χ3n) is 5.49. The number of amides is 2.